The van der Waals surface area contributed by atoms with Gasteiger partial charge in [-0.3, -0.25) is 9.69 Å². The lowest BCUT2D eigenvalue weighted by atomic mass is 10.0. The molecule has 3 aromatic rings. The van der Waals surface area contributed by atoms with E-state index in [1.54, 1.807) is 12.1 Å². The average Bonchev–Trinajstić information content (AvgIpc) is 2.86. The number of ether oxygens (including phenoxy) is 2. The number of likely N-dealkylation sites (tertiary alicyclic amines) is 1. The Bertz CT molecular complexity index is 1130. The molecule has 182 valence electrons. The fourth-order valence-corrected chi connectivity index (χ4v) is 4.29. The largest absolute Gasteiger partial charge is 0.506 e. The second-order valence-electron chi connectivity index (χ2n) is 8.55. The van der Waals surface area contributed by atoms with Gasteiger partial charge in [0.05, 0.1) is 11.6 Å². The number of aliphatic hydroxyl groups excluding tert-OH is 1. The van der Waals surface area contributed by atoms with Crippen LogP contribution in [0.4, 0.5) is 0 Å². The first-order chi connectivity index (χ1) is 16.6. The number of aromatic amines is 1. The number of benzene rings is 2. The lowest BCUT2D eigenvalue weighted by Gasteiger charge is -2.26. The molecule has 1 saturated heterocycles. The number of H-pyrrole nitrogens is 1. The number of rotatable bonds is 11. The van der Waals surface area contributed by atoms with Crippen LogP contribution in [-0.2, 0) is 0 Å². The summed E-state index contributed by atoms with van der Waals surface area (Å²) in [6, 6.07) is 13.8. The van der Waals surface area contributed by atoms with Crippen LogP contribution in [0.5, 0.6) is 17.2 Å². The molecule has 0 aliphatic carbocycles. The highest BCUT2D eigenvalue weighted by Gasteiger charge is 2.14. The van der Waals surface area contributed by atoms with Crippen molar-refractivity contribution in [2.75, 3.05) is 45.9 Å². The Morgan fingerprint density at radius 1 is 0.971 bits per heavy atom. The molecule has 0 amide bonds. The fourth-order valence-electron chi connectivity index (χ4n) is 4.29. The maximum atomic E-state index is 11.6. The van der Waals surface area contributed by atoms with Crippen LogP contribution in [0, 0.1) is 0 Å². The number of para-hydroxylation sites is 2. The molecule has 34 heavy (non-hydrogen) atoms. The molecule has 2 aromatic carbocycles. The molecule has 1 aliphatic heterocycles. The first-order valence-corrected chi connectivity index (χ1v) is 11.9. The number of hydrogen-bond acceptors (Lipinski definition) is 7. The van der Waals surface area contributed by atoms with Crippen molar-refractivity contribution in [3.8, 4) is 17.2 Å². The van der Waals surface area contributed by atoms with Crippen LogP contribution in [0.25, 0.3) is 10.9 Å². The van der Waals surface area contributed by atoms with Gasteiger partial charge in [0.1, 0.15) is 19.0 Å². The second-order valence-corrected chi connectivity index (χ2v) is 8.55. The van der Waals surface area contributed by atoms with Gasteiger partial charge < -0.3 is 30.0 Å². The Kier molecular flexibility index (Phi) is 8.41. The summed E-state index contributed by atoms with van der Waals surface area (Å²) >= 11 is 0. The van der Waals surface area contributed by atoms with E-state index in [9.17, 15) is 15.0 Å². The quantitative estimate of drug-likeness (QED) is 0.321. The summed E-state index contributed by atoms with van der Waals surface area (Å²) in [4.78, 5) is 16.6. The van der Waals surface area contributed by atoms with Crippen molar-refractivity contribution in [3.63, 3.8) is 0 Å². The monoisotopic (exact) mass is 467 g/mol. The summed E-state index contributed by atoms with van der Waals surface area (Å²) in [5.41, 5.74) is 0.648. The third-order valence-electron chi connectivity index (χ3n) is 6.10. The second kappa shape index (κ2) is 11.9. The number of phenolic OH excluding ortho intramolecular Hbond substituents is 1. The molecule has 1 atom stereocenters. The lowest BCUT2D eigenvalue weighted by Crippen LogP contribution is -2.33. The molecule has 2 heterocycles. The van der Waals surface area contributed by atoms with E-state index in [0.717, 1.165) is 25.4 Å². The van der Waals surface area contributed by atoms with E-state index in [1.807, 2.05) is 24.3 Å². The van der Waals surface area contributed by atoms with E-state index in [0.29, 0.717) is 48.5 Å². The fraction of sp³-hybridized carbons (Fsp3) is 0.423. The van der Waals surface area contributed by atoms with Crippen molar-refractivity contribution in [2.24, 2.45) is 0 Å². The number of nitrogens with one attached hydrogen (secondary N) is 2. The van der Waals surface area contributed by atoms with E-state index in [1.165, 1.54) is 31.4 Å². The van der Waals surface area contributed by atoms with E-state index < -0.39 is 6.10 Å². The number of pyridine rings is 1. The van der Waals surface area contributed by atoms with Crippen LogP contribution < -0.4 is 20.3 Å². The molecule has 0 radical (unpaired) electrons. The minimum atomic E-state index is -0.806. The zero-order valence-electron chi connectivity index (χ0n) is 19.3. The predicted molar refractivity (Wildman–Crippen MR) is 132 cm³/mol. The van der Waals surface area contributed by atoms with Gasteiger partial charge in [-0.1, -0.05) is 24.6 Å². The summed E-state index contributed by atoms with van der Waals surface area (Å²) in [6.07, 6.45) is 3.05. The van der Waals surface area contributed by atoms with Crippen LogP contribution >= 0.6 is 0 Å². The molecule has 1 fully saturated rings. The number of hydrogen-bond donors (Lipinski definition) is 4. The molecule has 0 saturated carbocycles. The van der Waals surface area contributed by atoms with Crippen LogP contribution in [0.3, 0.4) is 0 Å². The molecule has 8 nitrogen and oxygen atoms in total. The molecular formula is C26H33N3O5. The van der Waals surface area contributed by atoms with Gasteiger partial charge in [-0.15, -0.1) is 0 Å². The maximum absolute atomic E-state index is 11.6. The van der Waals surface area contributed by atoms with Crippen molar-refractivity contribution < 1.29 is 19.7 Å². The SMILES string of the molecule is O=c1ccc2c([C@H](O)CNCCOc3ccccc3OCCN3CCCCC3)ccc(O)c2[nH]1. The van der Waals surface area contributed by atoms with Crippen molar-refractivity contribution in [2.45, 2.75) is 25.4 Å². The van der Waals surface area contributed by atoms with E-state index in [4.69, 9.17) is 9.47 Å². The molecular weight excluding hydrogens is 434 g/mol. The number of aromatic hydroxyl groups is 1. The topological polar surface area (TPSA) is 107 Å². The number of nitrogens with zero attached hydrogens (tertiary/aromatic N) is 1. The van der Waals surface area contributed by atoms with Gasteiger partial charge in [-0.2, -0.15) is 0 Å². The zero-order valence-corrected chi connectivity index (χ0v) is 19.3. The van der Waals surface area contributed by atoms with Crippen molar-refractivity contribution in [3.05, 3.63) is 64.4 Å². The normalized spacial score (nSPS) is 15.3. The number of fused-ring (bicyclic) bond motifs is 1. The van der Waals surface area contributed by atoms with Gasteiger partial charge in [0, 0.05) is 31.1 Å². The van der Waals surface area contributed by atoms with Crippen LogP contribution in [-0.4, -0.2) is 66.0 Å². The Morgan fingerprint density at radius 3 is 2.47 bits per heavy atom. The number of piperidine rings is 1. The lowest BCUT2D eigenvalue weighted by molar-refractivity contribution is 0.171. The van der Waals surface area contributed by atoms with Gasteiger partial charge in [0.2, 0.25) is 5.56 Å². The van der Waals surface area contributed by atoms with Crippen molar-refractivity contribution >= 4 is 10.9 Å². The smallest absolute Gasteiger partial charge is 0.248 e. The Balaban J connectivity index is 1.23. The van der Waals surface area contributed by atoms with Gasteiger partial charge >= 0.3 is 0 Å². The number of aromatic nitrogens is 1. The van der Waals surface area contributed by atoms with E-state index >= 15 is 0 Å². The van der Waals surface area contributed by atoms with Crippen molar-refractivity contribution in [1.29, 1.82) is 0 Å². The summed E-state index contributed by atoms with van der Waals surface area (Å²) < 4.78 is 11.9. The standard InChI is InChI=1S/C26H33N3O5/c30-21-10-8-19(20-9-11-25(32)28-26(20)21)22(31)18-27-12-16-33-23-6-2-3-7-24(23)34-17-15-29-13-4-1-5-14-29/h2-3,6-11,22,27,30-31H,1,4-5,12-18H2,(H,28,32)/t22-/m1/s1. The molecule has 4 rings (SSSR count). The first-order valence-electron chi connectivity index (χ1n) is 11.9. The third-order valence-corrected chi connectivity index (χ3v) is 6.10. The molecule has 4 N–H and O–H groups in total. The molecule has 0 unspecified atom stereocenters. The Morgan fingerprint density at radius 2 is 1.71 bits per heavy atom. The summed E-state index contributed by atoms with van der Waals surface area (Å²) in [5.74, 6) is 1.42. The van der Waals surface area contributed by atoms with Crippen LogP contribution in [0.1, 0.15) is 30.9 Å². The summed E-state index contributed by atoms with van der Waals surface area (Å²) in [7, 11) is 0. The van der Waals surface area contributed by atoms with Gasteiger partial charge in [-0.05, 0) is 55.8 Å². The molecule has 1 aliphatic rings. The number of phenols is 1. The molecule has 8 heteroatoms. The predicted octanol–water partition coefficient (Wildman–Crippen LogP) is 2.80. The van der Waals surface area contributed by atoms with Crippen LogP contribution in [0.2, 0.25) is 0 Å². The molecule has 0 spiro atoms. The highest BCUT2D eigenvalue weighted by atomic mass is 16.5. The Hall–Kier alpha value is -3.07. The maximum Gasteiger partial charge on any atom is 0.248 e. The van der Waals surface area contributed by atoms with Gasteiger partial charge in [-0.25, -0.2) is 0 Å². The molecule has 0 bridgehead atoms. The van der Waals surface area contributed by atoms with Crippen molar-refractivity contribution in [1.82, 2.24) is 15.2 Å². The van der Waals surface area contributed by atoms with Gasteiger partial charge in [0.25, 0.3) is 0 Å². The van der Waals surface area contributed by atoms with Crippen LogP contribution in [0.15, 0.2) is 53.3 Å². The summed E-state index contributed by atoms with van der Waals surface area (Å²) in [6.45, 7) is 5.11. The average molecular weight is 468 g/mol. The highest BCUT2D eigenvalue weighted by Crippen LogP contribution is 2.29. The molecule has 1 aromatic heterocycles. The first kappa shape index (κ1) is 24.1. The minimum absolute atomic E-state index is 0.0261. The van der Waals surface area contributed by atoms with E-state index in [-0.39, 0.29) is 11.3 Å². The zero-order chi connectivity index (χ0) is 23.8. The van der Waals surface area contributed by atoms with E-state index in [2.05, 4.69) is 15.2 Å². The third kappa shape index (κ3) is 6.28. The minimum Gasteiger partial charge on any atom is -0.506 e. The summed E-state index contributed by atoms with van der Waals surface area (Å²) in [5, 5.41) is 24.5. The Labute approximate surface area is 199 Å². The highest BCUT2D eigenvalue weighted by molar-refractivity contribution is 5.87. The number of aliphatic hydroxyl groups is 1. The van der Waals surface area contributed by atoms with Gasteiger partial charge in [0.15, 0.2) is 11.5 Å².